The third-order valence-corrected chi connectivity index (χ3v) is 9.40. The first-order valence-electron chi connectivity index (χ1n) is 14.5. The van der Waals surface area contributed by atoms with E-state index in [1.807, 2.05) is 31.2 Å². The molecule has 2 aliphatic carbocycles. The summed E-state index contributed by atoms with van der Waals surface area (Å²) in [7, 11) is 0. The van der Waals surface area contributed by atoms with Crippen molar-refractivity contribution in [2.24, 2.45) is 0 Å². The Morgan fingerprint density at radius 3 is 2.39 bits per heavy atom. The van der Waals surface area contributed by atoms with Crippen molar-refractivity contribution in [1.82, 2.24) is 15.1 Å². The summed E-state index contributed by atoms with van der Waals surface area (Å²) in [5.74, 6) is -0.512. The van der Waals surface area contributed by atoms with Gasteiger partial charge >= 0.3 is 0 Å². The number of rotatable bonds is 7. The Labute approximate surface area is 224 Å². The molecule has 3 heterocycles. The molecule has 206 valence electrons. The van der Waals surface area contributed by atoms with E-state index >= 15 is 0 Å². The second-order valence-electron chi connectivity index (χ2n) is 11.5. The van der Waals surface area contributed by atoms with Crippen LogP contribution in [0.2, 0.25) is 0 Å². The van der Waals surface area contributed by atoms with Crippen LogP contribution in [-0.2, 0) is 19.1 Å². The molecule has 9 nitrogen and oxygen atoms in total. The average molecular weight is 525 g/mol. The second kappa shape index (κ2) is 10.6. The number of nitrogens with one attached hydrogen (secondary N) is 1. The maximum atomic E-state index is 14.0. The highest BCUT2D eigenvalue weighted by molar-refractivity contribution is 6.01. The number of benzene rings is 1. The highest BCUT2D eigenvalue weighted by Crippen LogP contribution is 2.37. The van der Waals surface area contributed by atoms with Crippen LogP contribution < -0.4 is 10.2 Å². The Balaban J connectivity index is 1.12. The first kappa shape index (κ1) is 25.8. The van der Waals surface area contributed by atoms with E-state index in [9.17, 15) is 14.4 Å². The molecule has 2 amide bonds. The first-order valence-corrected chi connectivity index (χ1v) is 14.5. The zero-order chi connectivity index (χ0) is 26.3. The molecule has 9 heteroatoms. The molecule has 3 aliphatic heterocycles. The van der Waals surface area contributed by atoms with Gasteiger partial charge in [0.05, 0.1) is 6.54 Å². The molecule has 38 heavy (non-hydrogen) atoms. The van der Waals surface area contributed by atoms with E-state index in [1.54, 1.807) is 4.90 Å². The molecule has 5 fully saturated rings. The fourth-order valence-electron chi connectivity index (χ4n) is 7.04. The van der Waals surface area contributed by atoms with Crippen LogP contribution in [-0.4, -0.2) is 103 Å². The normalized spacial score (nSPS) is 29.4. The summed E-state index contributed by atoms with van der Waals surface area (Å²) >= 11 is 0. The van der Waals surface area contributed by atoms with Gasteiger partial charge in [-0.25, -0.2) is 0 Å². The number of fused-ring (bicyclic) bond motifs is 1. The van der Waals surface area contributed by atoms with Gasteiger partial charge in [0, 0.05) is 50.1 Å². The summed E-state index contributed by atoms with van der Waals surface area (Å²) < 4.78 is 11.5. The van der Waals surface area contributed by atoms with E-state index in [0.29, 0.717) is 31.6 Å². The standard InChI is InChI=1S/C29H40N4O5/c1-2-37-24-18-33(25-23(34)19-38-26(24)25)28(36)29(12-3-4-13-29)30-27(35)20-8-10-22(11-9-20)32-16-14-31(15-17-32)21-6-5-7-21/h8-11,21,24-26H,2-7,12-19H2,1H3,(H,30,35)/t24-,25+,26+/m0/s1. The predicted octanol–water partition coefficient (Wildman–Crippen LogP) is 1.99. The lowest BCUT2D eigenvalue weighted by Gasteiger charge is -2.43. The van der Waals surface area contributed by atoms with Gasteiger partial charge < -0.3 is 24.6 Å². The third-order valence-electron chi connectivity index (χ3n) is 9.40. The van der Waals surface area contributed by atoms with Crippen molar-refractivity contribution >= 4 is 23.3 Å². The van der Waals surface area contributed by atoms with Gasteiger partial charge in [0.25, 0.3) is 5.91 Å². The summed E-state index contributed by atoms with van der Waals surface area (Å²) in [5.41, 5.74) is 0.682. The topological polar surface area (TPSA) is 91.4 Å². The number of likely N-dealkylation sites (tertiary alicyclic amines) is 1. The van der Waals surface area contributed by atoms with Crippen molar-refractivity contribution in [3.05, 3.63) is 29.8 Å². The molecular formula is C29H40N4O5. The number of anilines is 1. The number of carbonyl (C=O) groups excluding carboxylic acids is 3. The number of ketones is 1. The summed E-state index contributed by atoms with van der Waals surface area (Å²) in [6, 6.07) is 7.91. The lowest BCUT2D eigenvalue weighted by atomic mass is 9.91. The zero-order valence-corrected chi connectivity index (χ0v) is 22.4. The minimum absolute atomic E-state index is 0.00399. The van der Waals surface area contributed by atoms with Crippen molar-refractivity contribution < 1.29 is 23.9 Å². The van der Waals surface area contributed by atoms with Crippen LogP contribution in [0.3, 0.4) is 0 Å². The van der Waals surface area contributed by atoms with E-state index in [0.717, 1.165) is 50.7 Å². The minimum Gasteiger partial charge on any atom is -0.374 e. The predicted molar refractivity (Wildman–Crippen MR) is 142 cm³/mol. The lowest BCUT2D eigenvalue weighted by molar-refractivity contribution is -0.142. The van der Waals surface area contributed by atoms with E-state index in [-0.39, 0.29) is 30.3 Å². The number of amides is 2. The highest BCUT2D eigenvalue weighted by Gasteiger charge is 2.57. The van der Waals surface area contributed by atoms with E-state index in [2.05, 4.69) is 15.1 Å². The third kappa shape index (κ3) is 4.62. The summed E-state index contributed by atoms with van der Waals surface area (Å²) in [6.45, 7) is 6.89. The molecule has 6 rings (SSSR count). The van der Waals surface area contributed by atoms with Gasteiger partial charge in [-0.1, -0.05) is 19.3 Å². The molecule has 5 aliphatic rings. The SMILES string of the molecule is CCO[C@H]1CN(C(=O)C2(NC(=O)c3ccc(N4CCN(C5CCC5)CC4)cc3)CCCC2)[C@@H]2C(=O)CO[C@H]12. The Bertz CT molecular complexity index is 1040. The fourth-order valence-corrected chi connectivity index (χ4v) is 7.04. The van der Waals surface area contributed by atoms with Gasteiger partial charge in [0.2, 0.25) is 5.91 Å². The average Bonchev–Trinajstić information content (AvgIpc) is 3.62. The van der Waals surface area contributed by atoms with E-state index in [4.69, 9.17) is 9.47 Å². The van der Waals surface area contributed by atoms with Crippen LogP contribution in [0.25, 0.3) is 0 Å². The zero-order valence-electron chi connectivity index (χ0n) is 22.4. The summed E-state index contributed by atoms with van der Waals surface area (Å²) in [6.07, 6.45) is 6.15. The number of nitrogens with zero attached hydrogens (tertiary/aromatic N) is 3. The molecule has 0 spiro atoms. The Kier molecular flexibility index (Phi) is 7.18. The van der Waals surface area contributed by atoms with Crippen molar-refractivity contribution in [2.75, 3.05) is 50.8 Å². The van der Waals surface area contributed by atoms with Crippen LogP contribution in [0, 0.1) is 0 Å². The highest BCUT2D eigenvalue weighted by atomic mass is 16.6. The van der Waals surface area contributed by atoms with Gasteiger partial charge in [0.1, 0.15) is 30.4 Å². The number of piperazine rings is 1. The fraction of sp³-hybridized carbons (Fsp3) is 0.690. The van der Waals surface area contributed by atoms with E-state index in [1.165, 1.54) is 19.3 Å². The van der Waals surface area contributed by atoms with Gasteiger partial charge in [0.15, 0.2) is 5.78 Å². The molecule has 1 aromatic carbocycles. The van der Waals surface area contributed by atoms with Gasteiger partial charge in [-0.15, -0.1) is 0 Å². The number of hydrogen-bond donors (Lipinski definition) is 1. The molecule has 0 aromatic heterocycles. The van der Waals surface area contributed by atoms with Crippen molar-refractivity contribution in [3.8, 4) is 0 Å². The van der Waals surface area contributed by atoms with E-state index < -0.39 is 17.7 Å². The maximum absolute atomic E-state index is 14.0. The minimum atomic E-state index is -0.998. The van der Waals surface area contributed by atoms with Crippen LogP contribution >= 0.6 is 0 Å². The van der Waals surface area contributed by atoms with Crippen molar-refractivity contribution in [2.45, 2.75) is 81.7 Å². The maximum Gasteiger partial charge on any atom is 0.252 e. The smallest absolute Gasteiger partial charge is 0.252 e. The quantitative estimate of drug-likeness (QED) is 0.583. The van der Waals surface area contributed by atoms with Gasteiger partial charge in [-0.2, -0.15) is 0 Å². The van der Waals surface area contributed by atoms with Crippen molar-refractivity contribution in [1.29, 1.82) is 0 Å². The largest absolute Gasteiger partial charge is 0.374 e. The molecule has 3 atom stereocenters. The molecule has 2 saturated carbocycles. The molecule has 0 bridgehead atoms. The molecule has 0 radical (unpaired) electrons. The summed E-state index contributed by atoms with van der Waals surface area (Å²) in [4.78, 5) is 46.7. The molecule has 1 aromatic rings. The van der Waals surface area contributed by atoms with Crippen LogP contribution in [0.5, 0.6) is 0 Å². The molecule has 1 N–H and O–H groups in total. The lowest BCUT2D eigenvalue weighted by Crippen LogP contribution is -2.60. The molecule has 0 unspecified atom stereocenters. The Hall–Kier alpha value is -2.49. The van der Waals surface area contributed by atoms with Gasteiger partial charge in [-0.3, -0.25) is 19.3 Å². The number of Topliss-reactive ketones (excluding diaryl/α,β-unsaturated/α-hetero) is 1. The number of carbonyl (C=O) groups is 3. The number of ether oxygens (including phenoxy) is 2. The van der Waals surface area contributed by atoms with Crippen LogP contribution in [0.4, 0.5) is 5.69 Å². The first-order chi connectivity index (χ1) is 18.5. The van der Waals surface area contributed by atoms with Crippen LogP contribution in [0.15, 0.2) is 24.3 Å². The summed E-state index contributed by atoms with van der Waals surface area (Å²) in [5, 5.41) is 3.11. The van der Waals surface area contributed by atoms with Crippen LogP contribution in [0.1, 0.15) is 62.2 Å². The molecule has 3 saturated heterocycles. The van der Waals surface area contributed by atoms with Gasteiger partial charge in [-0.05, 0) is 56.9 Å². The Morgan fingerprint density at radius 1 is 1.05 bits per heavy atom. The molecular weight excluding hydrogens is 484 g/mol. The Morgan fingerprint density at radius 2 is 1.76 bits per heavy atom. The monoisotopic (exact) mass is 524 g/mol. The number of hydrogen-bond acceptors (Lipinski definition) is 7. The van der Waals surface area contributed by atoms with Crippen molar-refractivity contribution in [3.63, 3.8) is 0 Å². The second-order valence-corrected chi connectivity index (χ2v) is 11.5.